The minimum atomic E-state index is -0.379. The summed E-state index contributed by atoms with van der Waals surface area (Å²) in [4.78, 5) is 15.1. The summed E-state index contributed by atoms with van der Waals surface area (Å²) in [5, 5.41) is 11.5. The third kappa shape index (κ3) is 1.70. The van der Waals surface area contributed by atoms with Crippen LogP contribution in [0.3, 0.4) is 0 Å². The van der Waals surface area contributed by atoms with Gasteiger partial charge in [-0.2, -0.15) is 0 Å². The molecular weight excluding hydrogens is 192 g/mol. The lowest BCUT2D eigenvalue weighted by atomic mass is 10.4. The molecule has 0 spiro atoms. The van der Waals surface area contributed by atoms with E-state index in [0.29, 0.717) is 5.13 Å². The van der Waals surface area contributed by atoms with E-state index in [2.05, 4.69) is 25.2 Å². The maximum absolute atomic E-state index is 11.3. The lowest BCUT2D eigenvalue weighted by molar-refractivity contribution is 0.101. The van der Waals surface area contributed by atoms with Crippen LogP contribution in [0.25, 0.3) is 0 Å². The number of aromatic nitrogens is 3. The molecule has 0 aliphatic rings. The van der Waals surface area contributed by atoms with Crippen molar-refractivity contribution in [2.75, 3.05) is 5.32 Å². The first-order valence-electron chi connectivity index (χ1n) is 3.34. The standard InChI is InChI=1S/C6H4N4O2S/c11-5(4-3-8-12-10-4)9-6-7-1-2-13-6/h1-3H,(H,7,9,11). The molecule has 6 nitrogen and oxygen atoms in total. The molecule has 2 aromatic heterocycles. The second kappa shape index (κ2) is 3.31. The fourth-order valence-electron chi connectivity index (χ4n) is 0.711. The molecule has 2 aromatic rings. The van der Waals surface area contributed by atoms with Gasteiger partial charge in [0.2, 0.25) is 0 Å². The Balaban J connectivity index is 2.08. The van der Waals surface area contributed by atoms with Crippen LogP contribution in [0.15, 0.2) is 22.4 Å². The van der Waals surface area contributed by atoms with Crippen molar-refractivity contribution in [3.05, 3.63) is 23.5 Å². The summed E-state index contributed by atoms with van der Waals surface area (Å²) < 4.78 is 4.28. The zero-order chi connectivity index (χ0) is 9.10. The molecule has 0 atom stereocenters. The molecule has 0 radical (unpaired) electrons. The van der Waals surface area contributed by atoms with Crippen molar-refractivity contribution in [1.29, 1.82) is 0 Å². The van der Waals surface area contributed by atoms with Crippen molar-refractivity contribution >= 4 is 22.4 Å². The number of hydrogen-bond acceptors (Lipinski definition) is 6. The van der Waals surface area contributed by atoms with Crippen LogP contribution in [0, 0.1) is 0 Å². The number of hydrogen-bond donors (Lipinski definition) is 1. The van der Waals surface area contributed by atoms with E-state index in [1.54, 1.807) is 11.6 Å². The molecule has 66 valence electrons. The molecule has 0 saturated heterocycles. The summed E-state index contributed by atoms with van der Waals surface area (Å²) in [5.41, 5.74) is 0.134. The van der Waals surface area contributed by atoms with Crippen molar-refractivity contribution in [2.45, 2.75) is 0 Å². The minimum absolute atomic E-state index is 0.134. The van der Waals surface area contributed by atoms with Gasteiger partial charge in [-0.05, 0) is 5.16 Å². The lowest BCUT2D eigenvalue weighted by Crippen LogP contribution is -2.11. The summed E-state index contributed by atoms with van der Waals surface area (Å²) in [6, 6.07) is 0. The average Bonchev–Trinajstić information content (AvgIpc) is 2.74. The number of anilines is 1. The van der Waals surface area contributed by atoms with Gasteiger partial charge in [-0.25, -0.2) is 9.61 Å². The lowest BCUT2D eigenvalue weighted by Gasteiger charge is -1.94. The number of thiazole rings is 1. The van der Waals surface area contributed by atoms with Crippen LogP contribution in [0.2, 0.25) is 0 Å². The summed E-state index contributed by atoms with van der Waals surface area (Å²) in [6.07, 6.45) is 2.84. The molecule has 0 bridgehead atoms. The molecule has 0 unspecified atom stereocenters. The van der Waals surface area contributed by atoms with Gasteiger partial charge in [0.25, 0.3) is 5.91 Å². The quantitative estimate of drug-likeness (QED) is 0.767. The molecule has 0 aromatic carbocycles. The van der Waals surface area contributed by atoms with Crippen LogP contribution in [-0.2, 0) is 0 Å². The maximum atomic E-state index is 11.3. The highest BCUT2D eigenvalue weighted by Crippen LogP contribution is 2.10. The van der Waals surface area contributed by atoms with Gasteiger partial charge in [0.05, 0.1) is 0 Å². The Morgan fingerprint density at radius 3 is 3.15 bits per heavy atom. The van der Waals surface area contributed by atoms with Gasteiger partial charge in [-0.1, -0.05) is 5.16 Å². The normalized spacial score (nSPS) is 9.85. The van der Waals surface area contributed by atoms with E-state index in [4.69, 9.17) is 0 Å². The van der Waals surface area contributed by atoms with Gasteiger partial charge < -0.3 is 0 Å². The zero-order valence-corrected chi connectivity index (χ0v) is 7.11. The first kappa shape index (κ1) is 7.87. The highest BCUT2D eigenvalue weighted by atomic mass is 32.1. The highest BCUT2D eigenvalue weighted by Gasteiger charge is 2.10. The van der Waals surface area contributed by atoms with E-state index in [0.717, 1.165) is 0 Å². The summed E-state index contributed by atoms with van der Waals surface area (Å²) in [6.45, 7) is 0. The molecule has 0 saturated carbocycles. The van der Waals surface area contributed by atoms with Crippen LogP contribution in [0.5, 0.6) is 0 Å². The van der Waals surface area contributed by atoms with Crippen molar-refractivity contribution in [2.24, 2.45) is 0 Å². The number of rotatable bonds is 2. The average molecular weight is 196 g/mol. The van der Waals surface area contributed by atoms with Crippen LogP contribution in [0.1, 0.15) is 10.5 Å². The van der Waals surface area contributed by atoms with Crippen molar-refractivity contribution in [3.63, 3.8) is 0 Å². The first-order chi connectivity index (χ1) is 6.36. The van der Waals surface area contributed by atoms with Gasteiger partial charge in [0.15, 0.2) is 10.8 Å². The van der Waals surface area contributed by atoms with Crippen LogP contribution < -0.4 is 5.32 Å². The Morgan fingerprint density at radius 1 is 1.62 bits per heavy atom. The maximum Gasteiger partial charge on any atom is 0.281 e. The minimum Gasteiger partial charge on any atom is -0.296 e. The third-order valence-electron chi connectivity index (χ3n) is 1.25. The van der Waals surface area contributed by atoms with Crippen molar-refractivity contribution in [1.82, 2.24) is 15.3 Å². The molecule has 0 aliphatic heterocycles. The summed E-state index contributed by atoms with van der Waals surface area (Å²) in [7, 11) is 0. The third-order valence-corrected chi connectivity index (χ3v) is 1.94. The van der Waals surface area contributed by atoms with E-state index >= 15 is 0 Å². The first-order valence-corrected chi connectivity index (χ1v) is 4.22. The zero-order valence-electron chi connectivity index (χ0n) is 6.30. The predicted octanol–water partition coefficient (Wildman–Crippen LogP) is 0.778. The highest BCUT2D eigenvalue weighted by molar-refractivity contribution is 7.13. The molecule has 0 fully saturated rings. The van der Waals surface area contributed by atoms with Crippen molar-refractivity contribution < 1.29 is 9.42 Å². The van der Waals surface area contributed by atoms with Crippen LogP contribution in [-0.4, -0.2) is 21.2 Å². The summed E-state index contributed by atoms with van der Waals surface area (Å²) >= 11 is 1.33. The largest absolute Gasteiger partial charge is 0.296 e. The Bertz CT molecular complexity index is 383. The van der Waals surface area contributed by atoms with E-state index in [-0.39, 0.29) is 11.6 Å². The van der Waals surface area contributed by atoms with Crippen molar-refractivity contribution in [3.8, 4) is 0 Å². The predicted molar refractivity (Wildman–Crippen MR) is 44.4 cm³/mol. The van der Waals surface area contributed by atoms with E-state index < -0.39 is 0 Å². The van der Waals surface area contributed by atoms with Gasteiger partial charge in [0, 0.05) is 11.6 Å². The molecule has 7 heteroatoms. The Hall–Kier alpha value is -1.76. The number of amides is 1. The second-order valence-corrected chi connectivity index (χ2v) is 2.98. The molecule has 0 aliphatic carbocycles. The van der Waals surface area contributed by atoms with Gasteiger partial charge in [-0.3, -0.25) is 10.1 Å². The molecule has 2 rings (SSSR count). The molecule has 1 N–H and O–H groups in total. The Morgan fingerprint density at radius 2 is 2.54 bits per heavy atom. The van der Waals surface area contributed by atoms with Crippen LogP contribution in [0.4, 0.5) is 5.13 Å². The molecule has 2 heterocycles. The molecular formula is C6H4N4O2S. The second-order valence-electron chi connectivity index (χ2n) is 2.08. The van der Waals surface area contributed by atoms with E-state index in [9.17, 15) is 4.79 Å². The molecule has 1 amide bonds. The number of nitrogens with zero attached hydrogens (tertiary/aromatic N) is 3. The van der Waals surface area contributed by atoms with Gasteiger partial charge >= 0.3 is 0 Å². The fourth-order valence-corrected chi connectivity index (χ4v) is 1.23. The topological polar surface area (TPSA) is 80.9 Å². The van der Waals surface area contributed by atoms with Crippen LogP contribution >= 0.6 is 11.3 Å². The van der Waals surface area contributed by atoms with E-state index in [1.165, 1.54) is 17.5 Å². The SMILES string of the molecule is O=C(Nc1nccs1)c1cnon1. The molecule has 13 heavy (non-hydrogen) atoms. The van der Waals surface area contributed by atoms with Gasteiger partial charge in [-0.15, -0.1) is 11.3 Å². The van der Waals surface area contributed by atoms with Gasteiger partial charge in [0.1, 0.15) is 6.20 Å². The number of carbonyl (C=O) groups is 1. The number of carbonyl (C=O) groups excluding carboxylic acids is 1. The summed E-state index contributed by atoms with van der Waals surface area (Å²) in [5.74, 6) is -0.379. The Kier molecular flexibility index (Phi) is 2.01. The smallest absolute Gasteiger partial charge is 0.281 e. The monoisotopic (exact) mass is 196 g/mol. The fraction of sp³-hybridized carbons (Fsp3) is 0. The Labute approximate surface area is 76.6 Å². The number of nitrogens with one attached hydrogen (secondary N) is 1. The van der Waals surface area contributed by atoms with E-state index in [1.807, 2.05) is 0 Å².